The Bertz CT molecular complexity index is 379. The summed E-state index contributed by atoms with van der Waals surface area (Å²) in [5.41, 5.74) is -0.564. The second-order valence-corrected chi connectivity index (χ2v) is 5.73. The third-order valence-corrected chi connectivity index (χ3v) is 2.81. The van der Waals surface area contributed by atoms with Gasteiger partial charge in [0.2, 0.25) is 5.91 Å². The van der Waals surface area contributed by atoms with E-state index in [2.05, 4.69) is 16.6 Å². The molecule has 0 saturated carbocycles. The average molecular weight is 266 g/mol. The Balaban J connectivity index is 2.48. The summed E-state index contributed by atoms with van der Waals surface area (Å²) >= 11 is 0. The fourth-order valence-electron chi connectivity index (χ4n) is 1.96. The summed E-state index contributed by atoms with van der Waals surface area (Å²) in [7, 11) is 0. The zero-order valence-corrected chi connectivity index (χ0v) is 11.8. The highest BCUT2D eigenvalue weighted by Gasteiger charge is 2.26. The van der Waals surface area contributed by atoms with E-state index >= 15 is 0 Å². The van der Waals surface area contributed by atoms with Crippen molar-refractivity contribution in [3.63, 3.8) is 0 Å². The van der Waals surface area contributed by atoms with Gasteiger partial charge in [-0.05, 0) is 40.0 Å². The highest BCUT2D eigenvalue weighted by molar-refractivity contribution is 5.79. The van der Waals surface area contributed by atoms with Crippen molar-refractivity contribution in [1.82, 2.24) is 10.6 Å². The highest BCUT2D eigenvalue weighted by Crippen LogP contribution is 2.17. The fourth-order valence-corrected chi connectivity index (χ4v) is 1.96. The fraction of sp³-hybridized carbons (Fsp3) is 0.714. The molecule has 0 aromatic heterocycles. The molecule has 1 aliphatic rings. The summed E-state index contributed by atoms with van der Waals surface area (Å²) in [5.74, 6) is 2.37. The van der Waals surface area contributed by atoms with Gasteiger partial charge in [0.15, 0.2) is 0 Å². The first kappa shape index (κ1) is 15.4. The Kier molecular flexibility index (Phi) is 5.22. The molecule has 0 radical (unpaired) electrons. The van der Waals surface area contributed by atoms with Crippen LogP contribution in [0.4, 0.5) is 4.79 Å². The van der Waals surface area contributed by atoms with Gasteiger partial charge in [-0.25, -0.2) is 4.79 Å². The molecular formula is C14H22N2O3. The zero-order valence-electron chi connectivity index (χ0n) is 11.8. The van der Waals surface area contributed by atoms with Gasteiger partial charge in [0.05, 0.1) is 6.04 Å². The van der Waals surface area contributed by atoms with E-state index in [1.807, 2.05) is 0 Å². The largest absolute Gasteiger partial charge is 0.444 e. The number of hydrogen-bond acceptors (Lipinski definition) is 3. The second kappa shape index (κ2) is 6.46. The SMILES string of the molecule is C#CC(C[C@@H]1CCCNC1=O)NC(=O)OC(C)(C)C. The number of ether oxygens (including phenoxy) is 1. The molecule has 0 bridgehead atoms. The van der Waals surface area contributed by atoms with Gasteiger partial charge >= 0.3 is 6.09 Å². The van der Waals surface area contributed by atoms with Crippen molar-refractivity contribution in [1.29, 1.82) is 0 Å². The number of carbonyl (C=O) groups excluding carboxylic acids is 2. The Morgan fingerprint density at radius 2 is 2.32 bits per heavy atom. The van der Waals surface area contributed by atoms with Crippen molar-refractivity contribution < 1.29 is 14.3 Å². The van der Waals surface area contributed by atoms with E-state index in [1.54, 1.807) is 20.8 Å². The third kappa shape index (κ3) is 5.64. The lowest BCUT2D eigenvalue weighted by Crippen LogP contribution is -2.43. The Morgan fingerprint density at radius 1 is 1.63 bits per heavy atom. The molecule has 1 fully saturated rings. The van der Waals surface area contributed by atoms with Crippen LogP contribution in [0.2, 0.25) is 0 Å². The lowest BCUT2D eigenvalue weighted by Gasteiger charge is -2.25. The minimum absolute atomic E-state index is 0.0116. The molecule has 0 aromatic rings. The number of terminal acetylenes is 1. The standard InChI is InChI=1S/C14H22N2O3/c1-5-11(16-13(18)19-14(2,3)4)9-10-7-6-8-15-12(10)17/h1,10-11H,6-9H2,2-4H3,(H,15,17)(H,16,18)/t10-,11?/m0/s1. The van der Waals surface area contributed by atoms with Crippen LogP contribution in [0.25, 0.3) is 0 Å². The smallest absolute Gasteiger partial charge is 0.408 e. The lowest BCUT2D eigenvalue weighted by molar-refractivity contribution is -0.126. The van der Waals surface area contributed by atoms with Crippen molar-refractivity contribution in [2.24, 2.45) is 5.92 Å². The minimum atomic E-state index is -0.564. The number of carbonyl (C=O) groups is 2. The van der Waals surface area contributed by atoms with Crippen LogP contribution in [0, 0.1) is 18.3 Å². The predicted octanol–water partition coefficient (Wildman–Crippen LogP) is 1.43. The maximum atomic E-state index is 11.6. The third-order valence-electron chi connectivity index (χ3n) is 2.81. The van der Waals surface area contributed by atoms with Crippen molar-refractivity contribution in [2.75, 3.05) is 6.54 Å². The molecule has 2 atom stereocenters. The Labute approximate surface area is 114 Å². The Morgan fingerprint density at radius 3 is 2.84 bits per heavy atom. The van der Waals surface area contributed by atoms with Crippen LogP contribution < -0.4 is 10.6 Å². The molecule has 5 nitrogen and oxygen atoms in total. The number of rotatable bonds is 3. The number of hydrogen-bond donors (Lipinski definition) is 2. The molecule has 1 heterocycles. The summed E-state index contributed by atoms with van der Waals surface area (Å²) in [6.07, 6.45) is 7.04. The molecule has 1 unspecified atom stereocenters. The van der Waals surface area contributed by atoms with Gasteiger partial charge in [-0.2, -0.15) is 0 Å². The van der Waals surface area contributed by atoms with Gasteiger partial charge < -0.3 is 15.4 Å². The van der Waals surface area contributed by atoms with E-state index < -0.39 is 17.7 Å². The van der Waals surface area contributed by atoms with Crippen molar-refractivity contribution in [3.8, 4) is 12.3 Å². The summed E-state index contributed by atoms with van der Waals surface area (Å²) in [6, 6.07) is -0.483. The van der Waals surface area contributed by atoms with Crippen molar-refractivity contribution in [2.45, 2.75) is 51.7 Å². The van der Waals surface area contributed by atoms with Crippen LogP contribution in [-0.2, 0) is 9.53 Å². The molecule has 0 aromatic carbocycles. The van der Waals surface area contributed by atoms with Gasteiger partial charge in [0, 0.05) is 12.5 Å². The first-order valence-corrected chi connectivity index (χ1v) is 6.55. The molecule has 0 aliphatic carbocycles. The van der Waals surface area contributed by atoms with Gasteiger partial charge in [-0.3, -0.25) is 4.79 Å². The van der Waals surface area contributed by atoms with E-state index in [0.29, 0.717) is 6.42 Å². The highest BCUT2D eigenvalue weighted by atomic mass is 16.6. The quantitative estimate of drug-likeness (QED) is 0.759. The maximum Gasteiger partial charge on any atom is 0.408 e. The number of nitrogens with one attached hydrogen (secondary N) is 2. The zero-order chi connectivity index (χ0) is 14.5. The molecule has 2 N–H and O–H groups in total. The van der Waals surface area contributed by atoms with Crippen LogP contribution >= 0.6 is 0 Å². The molecule has 5 heteroatoms. The molecule has 1 saturated heterocycles. The van der Waals surface area contributed by atoms with Crippen LogP contribution in [0.5, 0.6) is 0 Å². The number of amides is 2. The molecule has 1 rings (SSSR count). The molecule has 0 spiro atoms. The van der Waals surface area contributed by atoms with E-state index in [0.717, 1.165) is 19.4 Å². The van der Waals surface area contributed by atoms with Crippen LogP contribution in [0.3, 0.4) is 0 Å². The first-order valence-electron chi connectivity index (χ1n) is 6.55. The molecular weight excluding hydrogens is 244 g/mol. The summed E-state index contributed by atoms with van der Waals surface area (Å²) in [6.45, 7) is 6.07. The second-order valence-electron chi connectivity index (χ2n) is 5.73. The predicted molar refractivity (Wildman–Crippen MR) is 72.3 cm³/mol. The maximum absolute atomic E-state index is 11.6. The minimum Gasteiger partial charge on any atom is -0.444 e. The van der Waals surface area contributed by atoms with Gasteiger partial charge in [0.1, 0.15) is 5.60 Å². The van der Waals surface area contributed by atoms with E-state index in [-0.39, 0.29) is 11.8 Å². The average Bonchev–Trinajstić information content (AvgIpc) is 2.28. The van der Waals surface area contributed by atoms with Gasteiger partial charge in [0.25, 0.3) is 0 Å². The van der Waals surface area contributed by atoms with Gasteiger partial charge in [-0.15, -0.1) is 6.42 Å². The summed E-state index contributed by atoms with van der Waals surface area (Å²) < 4.78 is 5.14. The summed E-state index contributed by atoms with van der Waals surface area (Å²) in [4.78, 5) is 23.3. The topological polar surface area (TPSA) is 67.4 Å². The van der Waals surface area contributed by atoms with Crippen LogP contribution in [0.1, 0.15) is 40.0 Å². The normalized spacial score (nSPS) is 20.9. The Hall–Kier alpha value is -1.70. The van der Waals surface area contributed by atoms with Crippen molar-refractivity contribution >= 4 is 12.0 Å². The van der Waals surface area contributed by atoms with Crippen LogP contribution in [0.15, 0.2) is 0 Å². The molecule has 2 amide bonds. The van der Waals surface area contributed by atoms with Crippen LogP contribution in [-0.4, -0.2) is 30.2 Å². The molecule has 19 heavy (non-hydrogen) atoms. The van der Waals surface area contributed by atoms with Gasteiger partial charge in [-0.1, -0.05) is 5.92 Å². The molecule has 106 valence electrons. The number of alkyl carbamates (subject to hydrolysis) is 1. The van der Waals surface area contributed by atoms with Crippen molar-refractivity contribution in [3.05, 3.63) is 0 Å². The summed E-state index contributed by atoms with van der Waals surface area (Å²) in [5, 5.41) is 5.42. The molecule has 1 aliphatic heterocycles. The monoisotopic (exact) mass is 266 g/mol. The van der Waals surface area contributed by atoms with E-state index in [1.165, 1.54) is 0 Å². The van der Waals surface area contributed by atoms with E-state index in [9.17, 15) is 9.59 Å². The van der Waals surface area contributed by atoms with E-state index in [4.69, 9.17) is 11.2 Å². The lowest BCUT2D eigenvalue weighted by atomic mass is 9.92. The first-order chi connectivity index (χ1) is 8.81. The number of piperidine rings is 1.